The third-order valence-corrected chi connectivity index (χ3v) is 5.55. The minimum absolute atomic E-state index is 0.166. The highest BCUT2D eigenvalue weighted by Crippen LogP contribution is 2.18. The van der Waals surface area contributed by atoms with E-state index in [0.29, 0.717) is 11.0 Å². The maximum absolute atomic E-state index is 11.5. The van der Waals surface area contributed by atoms with Crippen LogP contribution in [0.4, 0.5) is 0 Å². The Morgan fingerprint density at radius 2 is 2.04 bits per heavy atom. The second-order valence-corrected chi connectivity index (χ2v) is 8.33. The summed E-state index contributed by atoms with van der Waals surface area (Å²) in [7, 11) is -3.14. The van der Waals surface area contributed by atoms with Crippen molar-refractivity contribution >= 4 is 9.84 Å². The molecule has 2 aliphatic heterocycles. The molecule has 0 spiro atoms. The fraction of sp³-hybridized carbons (Fsp3) is 0.625. The lowest BCUT2D eigenvalue weighted by Gasteiger charge is -2.33. The van der Waals surface area contributed by atoms with Gasteiger partial charge in [0.15, 0.2) is 9.84 Å². The van der Waals surface area contributed by atoms with E-state index in [1.54, 1.807) is 12.1 Å². The monoisotopic (exact) mass is 339 g/mol. The van der Waals surface area contributed by atoms with E-state index in [0.717, 1.165) is 44.6 Å². The Morgan fingerprint density at radius 1 is 1.26 bits per heavy atom. The van der Waals surface area contributed by atoms with E-state index in [1.165, 1.54) is 6.26 Å². The molecule has 23 heavy (non-hydrogen) atoms. The lowest BCUT2D eigenvalue weighted by molar-refractivity contribution is 0.104. The number of hydrogen-bond donors (Lipinski definition) is 3. The molecule has 2 saturated heterocycles. The first-order chi connectivity index (χ1) is 11.0. The minimum atomic E-state index is -3.14. The first-order valence-corrected chi connectivity index (χ1v) is 10.0. The van der Waals surface area contributed by atoms with Crippen LogP contribution in [-0.4, -0.2) is 53.2 Å². The summed E-state index contributed by atoms with van der Waals surface area (Å²) in [6.45, 7) is 3.43. The van der Waals surface area contributed by atoms with Crippen molar-refractivity contribution in [1.82, 2.24) is 16.0 Å². The van der Waals surface area contributed by atoms with Crippen molar-refractivity contribution in [2.24, 2.45) is 0 Å². The molecule has 6 nitrogen and oxygen atoms in total. The number of piperazine rings is 1. The summed E-state index contributed by atoms with van der Waals surface area (Å²) in [6.07, 6.45) is 4.02. The molecule has 1 aromatic carbocycles. The van der Waals surface area contributed by atoms with Gasteiger partial charge in [-0.2, -0.15) is 0 Å². The molecule has 0 radical (unpaired) electrons. The summed E-state index contributed by atoms with van der Waals surface area (Å²) in [5, 5.41) is 10.5. The van der Waals surface area contributed by atoms with Gasteiger partial charge in [-0.15, -0.1) is 0 Å². The van der Waals surface area contributed by atoms with Gasteiger partial charge >= 0.3 is 0 Å². The van der Waals surface area contributed by atoms with Gasteiger partial charge in [-0.05, 0) is 30.5 Å². The third-order valence-electron chi connectivity index (χ3n) is 4.43. The van der Waals surface area contributed by atoms with Gasteiger partial charge in [-0.1, -0.05) is 12.1 Å². The maximum atomic E-state index is 11.5. The molecule has 2 aliphatic rings. The van der Waals surface area contributed by atoms with Gasteiger partial charge in [0.25, 0.3) is 0 Å². The topological polar surface area (TPSA) is 79.5 Å². The van der Waals surface area contributed by atoms with Gasteiger partial charge < -0.3 is 10.1 Å². The van der Waals surface area contributed by atoms with Crippen LogP contribution < -0.4 is 16.0 Å². The predicted octanol–water partition coefficient (Wildman–Crippen LogP) is 0.419. The van der Waals surface area contributed by atoms with E-state index in [1.807, 2.05) is 12.1 Å². The van der Waals surface area contributed by atoms with Crippen LogP contribution in [0.15, 0.2) is 29.2 Å². The molecule has 0 aliphatic carbocycles. The summed E-state index contributed by atoms with van der Waals surface area (Å²) < 4.78 is 28.7. The quantitative estimate of drug-likeness (QED) is 0.721. The van der Waals surface area contributed by atoms with Gasteiger partial charge in [0.1, 0.15) is 0 Å². The number of rotatable bonds is 5. The van der Waals surface area contributed by atoms with Crippen LogP contribution in [0.25, 0.3) is 0 Å². The van der Waals surface area contributed by atoms with Crippen LogP contribution in [0.1, 0.15) is 24.4 Å². The zero-order chi connectivity index (χ0) is 16.3. The van der Waals surface area contributed by atoms with Crippen molar-refractivity contribution in [2.45, 2.75) is 36.0 Å². The maximum Gasteiger partial charge on any atom is 0.175 e. The zero-order valence-corrected chi connectivity index (χ0v) is 14.2. The zero-order valence-electron chi connectivity index (χ0n) is 13.4. The number of hydrogen-bond acceptors (Lipinski definition) is 6. The van der Waals surface area contributed by atoms with Crippen LogP contribution in [0.2, 0.25) is 0 Å². The summed E-state index contributed by atoms with van der Waals surface area (Å²) >= 11 is 0. The average molecular weight is 339 g/mol. The van der Waals surface area contributed by atoms with Crippen molar-refractivity contribution in [2.75, 3.05) is 32.5 Å². The smallest absolute Gasteiger partial charge is 0.175 e. The first-order valence-electron chi connectivity index (χ1n) is 8.14. The Labute approximate surface area is 137 Å². The molecular formula is C16H25N3O3S. The fourth-order valence-corrected chi connectivity index (χ4v) is 3.73. The van der Waals surface area contributed by atoms with E-state index in [-0.39, 0.29) is 12.2 Å². The second-order valence-electron chi connectivity index (χ2n) is 6.31. The molecule has 3 rings (SSSR count). The molecule has 3 N–H and O–H groups in total. The van der Waals surface area contributed by atoms with Crippen molar-refractivity contribution in [3.05, 3.63) is 29.8 Å². The minimum Gasteiger partial charge on any atom is -0.377 e. The lowest BCUT2D eigenvalue weighted by Crippen LogP contribution is -2.57. The van der Waals surface area contributed by atoms with Crippen LogP contribution in [0.5, 0.6) is 0 Å². The molecule has 0 saturated carbocycles. The van der Waals surface area contributed by atoms with Crippen LogP contribution >= 0.6 is 0 Å². The van der Waals surface area contributed by atoms with Crippen molar-refractivity contribution in [3.63, 3.8) is 0 Å². The normalized spacial score (nSPS) is 28.8. The number of ether oxygens (including phenoxy) is 1. The molecule has 2 fully saturated rings. The third kappa shape index (κ3) is 4.51. The van der Waals surface area contributed by atoms with Crippen molar-refractivity contribution in [3.8, 4) is 0 Å². The second kappa shape index (κ2) is 7.27. The lowest BCUT2D eigenvalue weighted by atomic mass is 10.0. The summed E-state index contributed by atoms with van der Waals surface area (Å²) in [6, 6.07) is 7.29. The van der Waals surface area contributed by atoms with Gasteiger partial charge in [-0.3, -0.25) is 10.6 Å². The summed E-state index contributed by atoms with van der Waals surface area (Å²) in [4.78, 5) is 0.359. The molecule has 128 valence electrons. The highest BCUT2D eigenvalue weighted by atomic mass is 32.2. The molecule has 7 heteroatoms. The summed E-state index contributed by atoms with van der Waals surface area (Å²) in [5.41, 5.74) is 1.09. The SMILES string of the molecule is CS(=O)(=O)c1ccc(C2CNCC(NC[C@@H]3CCCO3)N2)cc1. The van der Waals surface area contributed by atoms with Gasteiger partial charge in [0.05, 0.1) is 17.2 Å². The van der Waals surface area contributed by atoms with E-state index < -0.39 is 9.84 Å². The van der Waals surface area contributed by atoms with E-state index in [4.69, 9.17) is 4.74 Å². The Balaban J connectivity index is 1.57. The van der Waals surface area contributed by atoms with Crippen molar-refractivity contribution in [1.29, 1.82) is 0 Å². The highest BCUT2D eigenvalue weighted by molar-refractivity contribution is 7.90. The molecule has 2 unspecified atom stereocenters. The molecule has 1 aromatic rings. The van der Waals surface area contributed by atoms with E-state index in [9.17, 15) is 8.42 Å². The fourth-order valence-electron chi connectivity index (χ4n) is 3.10. The Bertz CT molecular complexity index is 612. The highest BCUT2D eigenvalue weighted by Gasteiger charge is 2.23. The van der Waals surface area contributed by atoms with Crippen LogP contribution in [-0.2, 0) is 14.6 Å². The number of benzene rings is 1. The van der Waals surface area contributed by atoms with Crippen LogP contribution in [0, 0.1) is 0 Å². The molecular weight excluding hydrogens is 314 g/mol. The number of sulfone groups is 1. The number of nitrogens with one attached hydrogen (secondary N) is 3. The Hall–Kier alpha value is -0.990. The van der Waals surface area contributed by atoms with Gasteiger partial charge in [0, 0.05) is 38.5 Å². The van der Waals surface area contributed by atoms with Gasteiger partial charge in [-0.25, -0.2) is 8.42 Å². The first kappa shape index (κ1) is 16.9. The van der Waals surface area contributed by atoms with Gasteiger partial charge in [0.2, 0.25) is 0 Å². The summed E-state index contributed by atoms with van der Waals surface area (Å²) in [5.74, 6) is 0. The van der Waals surface area contributed by atoms with E-state index in [2.05, 4.69) is 16.0 Å². The molecule has 3 atom stereocenters. The van der Waals surface area contributed by atoms with E-state index >= 15 is 0 Å². The molecule has 0 amide bonds. The largest absolute Gasteiger partial charge is 0.377 e. The standard InChI is InChI=1S/C16H25N3O3S/c1-23(20,21)14-6-4-12(5-7-14)15-10-17-11-16(19-15)18-9-13-3-2-8-22-13/h4-7,13,15-19H,2-3,8-11H2,1H3/t13-,15?,16?/m0/s1. The molecule has 0 bridgehead atoms. The van der Waals surface area contributed by atoms with Crippen molar-refractivity contribution < 1.29 is 13.2 Å². The molecule has 2 heterocycles. The van der Waals surface area contributed by atoms with Crippen LogP contribution in [0.3, 0.4) is 0 Å². The Kier molecular flexibility index (Phi) is 5.33. The average Bonchev–Trinajstić information content (AvgIpc) is 3.06. The predicted molar refractivity (Wildman–Crippen MR) is 89.1 cm³/mol. The molecule has 0 aromatic heterocycles. The Morgan fingerprint density at radius 3 is 2.70 bits per heavy atom.